The lowest BCUT2D eigenvalue weighted by atomic mass is 9.95. The molecular weight excluding hydrogens is 386 g/mol. The second-order valence-electron chi connectivity index (χ2n) is 7.95. The minimum atomic E-state index is 0.145. The molecule has 0 N–H and O–H groups in total. The second-order valence-corrected chi connectivity index (χ2v) is 7.95. The number of nitrogens with zero attached hydrogens (tertiary/aromatic N) is 1. The molecule has 1 unspecified atom stereocenters. The van der Waals surface area contributed by atoms with E-state index < -0.39 is 0 Å². The summed E-state index contributed by atoms with van der Waals surface area (Å²) in [5, 5.41) is 0. The van der Waals surface area contributed by atoms with Crippen LogP contribution in [0, 0.1) is 5.92 Å². The third kappa shape index (κ3) is 8.02. The maximum atomic E-state index is 12.2. The van der Waals surface area contributed by atoms with Crippen LogP contribution in [0.25, 0.3) is 0 Å². The topological polar surface area (TPSA) is 38.8 Å². The summed E-state index contributed by atoms with van der Waals surface area (Å²) >= 11 is 0. The molecular formula is C27H41NO3. The van der Waals surface area contributed by atoms with Crippen LogP contribution in [0.15, 0.2) is 36.4 Å². The molecule has 4 heteroatoms. The molecule has 0 heterocycles. The third-order valence-electron chi connectivity index (χ3n) is 5.40. The van der Waals surface area contributed by atoms with Crippen molar-refractivity contribution in [3.05, 3.63) is 58.7 Å². The maximum Gasteiger partial charge on any atom is 0.136 e. The second kappa shape index (κ2) is 13.9. The Hall–Kier alpha value is -2.33. The van der Waals surface area contributed by atoms with Gasteiger partial charge in [0.1, 0.15) is 17.3 Å². The molecule has 0 aliphatic rings. The van der Waals surface area contributed by atoms with Crippen molar-refractivity contribution in [2.24, 2.45) is 5.92 Å². The van der Waals surface area contributed by atoms with Crippen LogP contribution in [0.1, 0.15) is 62.8 Å². The highest BCUT2D eigenvalue weighted by Gasteiger charge is 2.16. The van der Waals surface area contributed by atoms with E-state index in [-0.39, 0.29) is 5.92 Å². The van der Waals surface area contributed by atoms with E-state index in [0.29, 0.717) is 12.2 Å². The van der Waals surface area contributed by atoms with E-state index in [2.05, 4.69) is 42.2 Å². The Morgan fingerprint density at radius 2 is 1.71 bits per heavy atom. The Morgan fingerprint density at radius 3 is 2.29 bits per heavy atom. The van der Waals surface area contributed by atoms with Crippen molar-refractivity contribution in [2.45, 2.75) is 59.9 Å². The first kappa shape index (κ1) is 26.7. The van der Waals surface area contributed by atoms with Crippen molar-refractivity contribution in [3.8, 4) is 11.5 Å². The summed E-state index contributed by atoms with van der Waals surface area (Å²) in [6.45, 7) is 8.88. The number of carbonyl (C=O) groups is 1. The quantitative estimate of drug-likeness (QED) is 0.445. The van der Waals surface area contributed by atoms with Gasteiger partial charge in [0.05, 0.1) is 14.2 Å². The van der Waals surface area contributed by atoms with Crippen molar-refractivity contribution in [2.75, 3.05) is 28.3 Å². The number of ether oxygens (including phenoxy) is 2. The van der Waals surface area contributed by atoms with Gasteiger partial charge in [0.2, 0.25) is 0 Å². The van der Waals surface area contributed by atoms with Crippen molar-refractivity contribution in [1.82, 2.24) is 4.90 Å². The number of hydrogen-bond acceptors (Lipinski definition) is 4. The highest BCUT2D eigenvalue weighted by Crippen LogP contribution is 2.35. The number of ketones is 1. The minimum Gasteiger partial charge on any atom is -0.496 e. The summed E-state index contributed by atoms with van der Waals surface area (Å²) in [5.41, 5.74) is 4.59. The van der Waals surface area contributed by atoms with Gasteiger partial charge >= 0.3 is 0 Å². The minimum absolute atomic E-state index is 0.145. The van der Waals surface area contributed by atoms with Crippen LogP contribution in [-0.4, -0.2) is 39.0 Å². The predicted octanol–water partition coefficient (Wildman–Crippen LogP) is 5.93. The summed E-state index contributed by atoms with van der Waals surface area (Å²) in [6.07, 6.45) is 3.01. The van der Waals surface area contributed by atoms with Crippen LogP contribution in [0.5, 0.6) is 11.5 Å². The van der Waals surface area contributed by atoms with E-state index in [1.807, 2.05) is 40.9 Å². The lowest BCUT2D eigenvalue weighted by molar-refractivity contribution is -0.122. The standard InChI is InChI=1S/C25H35NO3.C2H6/c1-7-18(2)23(27)13-11-19-9-8-10-20(15-19)16-22-24(28-5)14-12-21(17-26(3)4)25(22)29-6;1-2/h8-10,12,14-15,18H,7,11,13,16-17H2,1-6H3;1-2H3. The number of rotatable bonds is 11. The van der Waals surface area contributed by atoms with Gasteiger partial charge in [0.15, 0.2) is 0 Å². The molecule has 0 bridgehead atoms. The molecule has 0 aromatic heterocycles. The van der Waals surface area contributed by atoms with Crippen LogP contribution < -0.4 is 9.47 Å². The summed E-state index contributed by atoms with van der Waals surface area (Å²) in [6, 6.07) is 12.6. The van der Waals surface area contributed by atoms with Crippen molar-refractivity contribution < 1.29 is 14.3 Å². The van der Waals surface area contributed by atoms with Gasteiger partial charge in [-0.05, 0) is 44.1 Å². The first-order chi connectivity index (χ1) is 14.9. The summed E-state index contributed by atoms with van der Waals surface area (Å²) in [5.74, 6) is 2.21. The van der Waals surface area contributed by atoms with E-state index in [0.717, 1.165) is 48.4 Å². The number of benzene rings is 2. The smallest absolute Gasteiger partial charge is 0.136 e. The third-order valence-corrected chi connectivity index (χ3v) is 5.40. The molecule has 172 valence electrons. The van der Waals surface area contributed by atoms with Gasteiger partial charge in [0.25, 0.3) is 0 Å². The van der Waals surface area contributed by atoms with Gasteiger partial charge < -0.3 is 14.4 Å². The van der Waals surface area contributed by atoms with Crippen molar-refractivity contribution in [1.29, 1.82) is 0 Å². The molecule has 0 aliphatic heterocycles. The Morgan fingerprint density at radius 1 is 1.03 bits per heavy atom. The van der Waals surface area contributed by atoms with Crippen LogP contribution in [0.2, 0.25) is 0 Å². The number of Topliss-reactive ketones (excluding diaryl/α,β-unsaturated/α-hetero) is 1. The van der Waals surface area contributed by atoms with Crippen LogP contribution in [0.3, 0.4) is 0 Å². The molecule has 2 aromatic carbocycles. The molecule has 0 saturated heterocycles. The Kier molecular flexibility index (Phi) is 11.9. The lowest BCUT2D eigenvalue weighted by Crippen LogP contribution is -2.13. The Balaban J connectivity index is 0.00000233. The molecule has 0 spiro atoms. The molecule has 31 heavy (non-hydrogen) atoms. The first-order valence-corrected chi connectivity index (χ1v) is 11.4. The predicted molar refractivity (Wildman–Crippen MR) is 130 cm³/mol. The summed E-state index contributed by atoms with van der Waals surface area (Å²) in [4.78, 5) is 14.3. The van der Waals surface area contributed by atoms with Crippen LogP contribution >= 0.6 is 0 Å². The van der Waals surface area contributed by atoms with E-state index in [9.17, 15) is 4.79 Å². The average molecular weight is 428 g/mol. The number of methoxy groups -OCH3 is 2. The molecule has 2 aromatic rings. The van der Waals surface area contributed by atoms with Gasteiger partial charge in [0, 0.05) is 36.4 Å². The number of hydrogen-bond donors (Lipinski definition) is 0. The zero-order chi connectivity index (χ0) is 23.4. The fourth-order valence-corrected chi connectivity index (χ4v) is 3.58. The van der Waals surface area contributed by atoms with E-state index in [1.54, 1.807) is 14.2 Å². The normalized spacial score (nSPS) is 11.5. The molecule has 0 aliphatic carbocycles. The highest BCUT2D eigenvalue weighted by atomic mass is 16.5. The fourth-order valence-electron chi connectivity index (χ4n) is 3.58. The molecule has 4 nitrogen and oxygen atoms in total. The largest absolute Gasteiger partial charge is 0.496 e. The SMILES string of the molecule is CC.CCC(C)C(=O)CCc1cccc(Cc2c(OC)ccc(CN(C)C)c2OC)c1. The summed E-state index contributed by atoms with van der Waals surface area (Å²) in [7, 11) is 7.51. The van der Waals surface area contributed by atoms with Gasteiger partial charge in [-0.3, -0.25) is 4.79 Å². The summed E-state index contributed by atoms with van der Waals surface area (Å²) < 4.78 is 11.4. The lowest BCUT2D eigenvalue weighted by Gasteiger charge is -2.19. The van der Waals surface area contributed by atoms with Crippen LogP contribution in [0.4, 0.5) is 0 Å². The zero-order valence-electron chi connectivity index (χ0n) is 20.7. The van der Waals surface area contributed by atoms with Gasteiger partial charge in [-0.25, -0.2) is 0 Å². The number of carbonyl (C=O) groups excluding carboxylic acids is 1. The molecule has 0 radical (unpaired) electrons. The molecule has 1 atom stereocenters. The van der Waals surface area contributed by atoms with Crippen LogP contribution in [-0.2, 0) is 24.2 Å². The Labute approximate surface area is 189 Å². The number of aryl methyl sites for hydroxylation is 1. The van der Waals surface area contributed by atoms with Gasteiger partial charge in [-0.15, -0.1) is 0 Å². The first-order valence-electron chi connectivity index (χ1n) is 11.4. The zero-order valence-corrected chi connectivity index (χ0v) is 20.7. The van der Waals surface area contributed by atoms with E-state index in [1.165, 1.54) is 11.1 Å². The average Bonchev–Trinajstić information content (AvgIpc) is 2.78. The molecule has 2 rings (SSSR count). The van der Waals surface area contributed by atoms with Crippen molar-refractivity contribution in [3.63, 3.8) is 0 Å². The maximum absolute atomic E-state index is 12.2. The molecule has 0 fully saturated rings. The van der Waals surface area contributed by atoms with Gasteiger partial charge in [-0.2, -0.15) is 0 Å². The molecule has 0 saturated carbocycles. The molecule has 0 amide bonds. The monoisotopic (exact) mass is 427 g/mol. The van der Waals surface area contributed by atoms with Gasteiger partial charge in [-0.1, -0.05) is 58.0 Å². The Bertz CT molecular complexity index is 814. The van der Waals surface area contributed by atoms with E-state index in [4.69, 9.17) is 9.47 Å². The fraction of sp³-hybridized carbons (Fsp3) is 0.519. The highest BCUT2D eigenvalue weighted by molar-refractivity contribution is 5.80. The van der Waals surface area contributed by atoms with Crippen molar-refractivity contribution >= 4 is 5.78 Å². The van der Waals surface area contributed by atoms with E-state index >= 15 is 0 Å².